The van der Waals surface area contributed by atoms with Crippen LogP contribution < -0.4 is 5.32 Å². The summed E-state index contributed by atoms with van der Waals surface area (Å²) >= 11 is 12.1. The zero-order valence-electron chi connectivity index (χ0n) is 12.6. The van der Waals surface area contributed by atoms with Crippen molar-refractivity contribution in [1.82, 2.24) is 4.98 Å². The van der Waals surface area contributed by atoms with E-state index >= 15 is 0 Å². The molecular formula is C16H9Cl2F3N2O3. The van der Waals surface area contributed by atoms with Crippen LogP contribution in [0.15, 0.2) is 40.8 Å². The third-order valence-electron chi connectivity index (χ3n) is 3.40. The van der Waals surface area contributed by atoms with Crippen molar-refractivity contribution in [3.8, 4) is 11.5 Å². The Kier molecular flexibility index (Phi) is 4.83. The van der Waals surface area contributed by atoms with Crippen LogP contribution in [0.25, 0.3) is 22.6 Å². The van der Waals surface area contributed by atoms with Gasteiger partial charge in [0.1, 0.15) is 5.52 Å². The molecule has 26 heavy (non-hydrogen) atoms. The van der Waals surface area contributed by atoms with Crippen LogP contribution in [-0.4, -0.2) is 28.3 Å². The summed E-state index contributed by atoms with van der Waals surface area (Å²) in [7, 11) is 0. The number of carbonyl (C=O) groups is 1. The molecule has 10 heteroatoms. The number of carbonyl (C=O) groups excluding carboxylic acids is 1. The second-order valence-electron chi connectivity index (χ2n) is 5.24. The van der Waals surface area contributed by atoms with Crippen LogP contribution in [0.3, 0.4) is 0 Å². The molecule has 1 atom stereocenters. The minimum Gasteiger partial charge on any atom is -0.436 e. The average Bonchev–Trinajstić information content (AvgIpc) is 2.98. The summed E-state index contributed by atoms with van der Waals surface area (Å²) in [5, 5.41) is 11.5. The molecule has 0 aliphatic heterocycles. The van der Waals surface area contributed by atoms with Crippen molar-refractivity contribution in [3.05, 3.63) is 46.4 Å². The maximum atomic E-state index is 12.4. The van der Waals surface area contributed by atoms with E-state index in [1.165, 1.54) is 18.2 Å². The van der Waals surface area contributed by atoms with Crippen molar-refractivity contribution in [3.63, 3.8) is 0 Å². The lowest BCUT2D eigenvalue weighted by molar-refractivity contribution is -0.202. The predicted molar refractivity (Wildman–Crippen MR) is 90.2 cm³/mol. The molecule has 0 saturated heterocycles. The zero-order chi connectivity index (χ0) is 19.1. The molecular weight excluding hydrogens is 396 g/mol. The number of amides is 1. The van der Waals surface area contributed by atoms with Crippen LogP contribution in [0.4, 0.5) is 18.9 Å². The largest absolute Gasteiger partial charge is 0.436 e. The van der Waals surface area contributed by atoms with E-state index in [-0.39, 0.29) is 22.1 Å². The number of aliphatic hydroxyl groups is 1. The van der Waals surface area contributed by atoms with Gasteiger partial charge in [-0.3, -0.25) is 4.79 Å². The van der Waals surface area contributed by atoms with Crippen LogP contribution >= 0.6 is 23.2 Å². The summed E-state index contributed by atoms with van der Waals surface area (Å²) in [6.07, 6.45) is -8.19. The molecule has 1 heterocycles. The van der Waals surface area contributed by atoms with Crippen molar-refractivity contribution >= 4 is 45.9 Å². The maximum absolute atomic E-state index is 12.4. The number of fused-ring (bicyclic) bond motifs is 1. The molecule has 2 N–H and O–H groups in total. The van der Waals surface area contributed by atoms with Crippen molar-refractivity contribution in [1.29, 1.82) is 0 Å². The van der Waals surface area contributed by atoms with Crippen molar-refractivity contribution in [2.75, 3.05) is 5.32 Å². The molecule has 0 fully saturated rings. The first-order valence-corrected chi connectivity index (χ1v) is 7.83. The van der Waals surface area contributed by atoms with E-state index in [2.05, 4.69) is 4.98 Å². The molecule has 0 bridgehead atoms. The number of hydrogen-bond acceptors (Lipinski definition) is 4. The first-order chi connectivity index (χ1) is 12.2. The molecule has 2 aromatic carbocycles. The number of alkyl halides is 3. The van der Waals surface area contributed by atoms with Gasteiger partial charge in [-0.1, -0.05) is 29.3 Å². The Morgan fingerprint density at radius 3 is 2.65 bits per heavy atom. The molecule has 1 aromatic heterocycles. The van der Waals surface area contributed by atoms with Gasteiger partial charge in [0.15, 0.2) is 5.58 Å². The van der Waals surface area contributed by atoms with Gasteiger partial charge in [0.05, 0.1) is 15.6 Å². The number of benzene rings is 2. The number of aliphatic hydroxyl groups excluding tert-OH is 1. The average molecular weight is 405 g/mol. The van der Waals surface area contributed by atoms with Gasteiger partial charge in [-0.25, -0.2) is 4.98 Å². The summed E-state index contributed by atoms with van der Waals surface area (Å²) in [5.74, 6) is -1.44. The Bertz CT molecular complexity index is 989. The van der Waals surface area contributed by atoms with E-state index in [1.807, 2.05) is 5.32 Å². The normalized spacial score (nSPS) is 13.0. The highest BCUT2D eigenvalue weighted by atomic mass is 35.5. The van der Waals surface area contributed by atoms with Crippen LogP contribution in [0.5, 0.6) is 0 Å². The Balaban J connectivity index is 1.91. The van der Waals surface area contributed by atoms with Crippen LogP contribution in [0.1, 0.15) is 0 Å². The van der Waals surface area contributed by atoms with Gasteiger partial charge in [-0.2, -0.15) is 13.2 Å². The minimum absolute atomic E-state index is 0.0165. The first-order valence-electron chi connectivity index (χ1n) is 7.07. The molecule has 0 spiro atoms. The number of rotatable bonds is 3. The molecule has 1 amide bonds. The summed E-state index contributed by atoms with van der Waals surface area (Å²) < 4.78 is 42.6. The predicted octanol–water partition coefficient (Wildman–Crippen LogP) is 4.66. The molecule has 5 nitrogen and oxygen atoms in total. The number of oxazole rings is 1. The Hall–Kier alpha value is -2.29. The molecule has 1 unspecified atom stereocenters. The highest BCUT2D eigenvalue weighted by Gasteiger charge is 2.43. The zero-order valence-corrected chi connectivity index (χ0v) is 14.2. The van der Waals surface area contributed by atoms with Crippen molar-refractivity contribution < 1.29 is 27.5 Å². The third kappa shape index (κ3) is 3.62. The maximum Gasteiger partial charge on any atom is 0.423 e. The van der Waals surface area contributed by atoms with E-state index in [0.29, 0.717) is 16.2 Å². The molecule has 3 aromatic rings. The number of aromatic nitrogens is 1. The Morgan fingerprint density at radius 2 is 1.96 bits per heavy atom. The summed E-state index contributed by atoms with van der Waals surface area (Å²) in [4.78, 5) is 15.6. The number of hydrogen-bond donors (Lipinski definition) is 2. The van der Waals surface area contributed by atoms with E-state index in [0.717, 1.165) is 0 Å². The van der Waals surface area contributed by atoms with Crippen molar-refractivity contribution in [2.45, 2.75) is 12.3 Å². The van der Waals surface area contributed by atoms with Crippen LogP contribution in [0.2, 0.25) is 10.0 Å². The second kappa shape index (κ2) is 6.79. The fourth-order valence-electron chi connectivity index (χ4n) is 2.15. The van der Waals surface area contributed by atoms with Gasteiger partial charge in [0.2, 0.25) is 12.0 Å². The number of anilines is 1. The van der Waals surface area contributed by atoms with Crippen LogP contribution in [0, 0.1) is 0 Å². The van der Waals surface area contributed by atoms with E-state index < -0.39 is 18.2 Å². The number of nitrogens with zero attached hydrogens (tertiary/aromatic N) is 1. The quantitative estimate of drug-likeness (QED) is 0.665. The van der Waals surface area contributed by atoms with E-state index in [9.17, 15) is 18.0 Å². The molecule has 3 rings (SSSR count). The molecule has 0 radical (unpaired) electrons. The fraction of sp³-hybridized carbons (Fsp3) is 0.125. The Labute approximate surface area is 154 Å². The van der Waals surface area contributed by atoms with Gasteiger partial charge in [-0.15, -0.1) is 0 Å². The van der Waals surface area contributed by atoms with E-state index in [4.69, 9.17) is 32.7 Å². The lowest BCUT2D eigenvalue weighted by atomic mass is 10.2. The Morgan fingerprint density at radius 1 is 1.23 bits per heavy atom. The van der Waals surface area contributed by atoms with Gasteiger partial charge >= 0.3 is 6.18 Å². The van der Waals surface area contributed by atoms with E-state index in [1.54, 1.807) is 18.2 Å². The number of halogens is 5. The van der Waals surface area contributed by atoms with Gasteiger partial charge in [0, 0.05) is 5.69 Å². The minimum atomic E-state index is -5.06. The topological polar surface area (TPSA) is 75.4 Å². The van der Waals surface area contributed by atoms with Gasteiger partial charge in [-0.05, 0) is 30.3 Å². The number of nitrogens with one attached hydrogen (secondary N) is 1. The smallest absolute Gasteiger partial charge is 0.423 e. The fourth-order valence-corrected chi connectivity index (χ4v) is 2.53. The lowest BCUT2D eigenvalue weighted by Crippen LogP contribution is -2.40. The second-order valence-corrected chi connectivity index (χ2v) is 6.02. The first kappa shape index (κ1) is 18.5. The highest BCUT2D eigenvalue weighted by Crippen LogP contribution is 2.35. The molecule has 0 saturated carbocycles. The lowest BCUT2D eigenvalue weighted by Gasteiger charge is -2.14. The molecule has 0 aliphatic rings. The summed E-state index contributed by atoms with van der Waals surface area (Å²) in [5.41, 5.74) is 1.05. The molecule has 0 aliphatic carbocycles. The molecule has 136 valence electrons. The summed E-state index contributed by atoms with van der Waals surface area (Å²) in [6.45, 7) is 0. The van der Waals surface area contributed by atoms with Crippen LogP contribution in [-0.2, 0) is 4.79 Å². The standard InChI is InChI=1S/C16H9Cl2F3N2O3/c17-9-3-1-2-8(12(9)18)15-23-10-6-7(4-5-11(10)26-15)22-14(25)13(24)16(19,20)21/h1-6,13,24H,(H,22,25). The SMILES string of the molecule is O=C(Nc1ccc2oc(-c3cccc(Cl)c3Cl)nc2c1)C(O)C(F)(F)F. The van der Waals surface area contributed by atoms with Gasteiger partial charge < -0.3 is 14.8 Å². The highest BCUT2D eigenvalue weighted by molar-refractivity contribution is 6.43. The van der Waals surface area contributed by atoms with Gasteiger partial charge in [0.25, 0.3) is 5.91 Å². The summed E-state index contributed by atoms with van der Waals surface area (Å²) in [6, 6.07) is 8.93. The monoisotopic (exact) mass is 404 g/mol. The third-order valence-corrected chi connectivity index (χ3v) is 4.21. The van der Waals surface area contributed by atoms with Crippen molar-refractivity contribution in [2.24, 2.45) is 0 Å².